The molecule has 6 nitrogen and oxygen atoms in total. The van der Waals surface area contributed by atoms with Crippen molar-refractivity contribution in [3.05, 3.63) is 71.8 Å². The monoisotopic (exact) mass is 360 g/mol. The largest absolute Gasteiger partial charge is 0.489 e. The molecule has 0 atom stereocenters. The number of nitrogens with one attached hydrogen (secondary N) is 2. The summed E-state index contributed by atoms with van der Waals surface area (Å²) in [6, 6.07) is 13.3. The number of hydrogen-bond donors (Lipinski definition) is 2. The van der Waals surface area contributed by atoms with Crippen LogP contribution in [0.3, 0.4) is 0 Å². The molecular weight excluding hydrogens is 344 g/mol. The van der Waals surface area contributed by atoms with Crippen LogP contribution in [0.25, 0.3) is 0 Å². The van der Waals surface area contributed by atoms with Crippen molar-refractivity contribution in [2.45, 2.75) is 0 Å². The molecule has 2 aromatic rings. The third-order valence-corrected chi connectivity index (χ3v) is 3.24. The first-order valence-electron chi connectivity index (χ1n) is 7.40. The van der Waals surface area contributed by atoms with E-state index in [2.05, 4.69) is 17.4 Å². The molecule has 0 saturated carbocycles. The van der Waals surface area contributed by atoms with E-state index in [4.69, 9.17) is 21.1 Å². The predicted octanol–water partition coefficient (Wildman–Crippen LogP) is 2.74. The first-order chi connectivity index (χ1) is 12.1. The highest BCUT2D eigenvalue weighted by atomic mass is 35.5. The van der Waals surface area contributed by atoms with Crippen LogP contribution < -0.4 is 20.3 Å². The van der Waals surface area contributed by atoms with Gasteiger partial charge >= 0.3 is 0 Å². The van der Waals surface area contributed by atoms with E-state index in [0.717, 1.165) is 0 Å². The molecule has 0 aromatic heterocycles. The first-order valence-corrected chi connectivity index (χ1v) is 7.78. The van der Waals surface area contributed by atoms with Crippen molar-refractivity contribution in [1.29, 1.82) is 0 Å². The number of para-hydroxylation sites is 1. The van der Waals surface area contributed by atoms with E-state index >= 15 is 0 Å². The lowest BCUT2D eigenvalue weighted by atomic mass is 10.2. The summed E-state index contributed by atoms with van der Waals surface area (Å²) in [5.74, 6) is -0.118. The molecule has 25 heavy (non-hydrogen) atoms. The molecule has 0 unspecified atom stereocenters. The predicted molar refractivity (Wildman–Crippen MR) is 94.7 cm³/mol. The van der Waals surface area contributed by atoms with E-state index in [-0.39, 0.29) is 13.2 Å². The molecule has 0 saturated heterocycles. The number of carbonyl (C=O) groups excluding carboxylic acids is 2. The van der Waals surface area contributed by atoms with Gasteiger partial charge in [0, 0.05) is 5.02 Å². The maximum Gasteiger partial charge on any atom is 0.276 e. The molecule has 0 aliphatic heterocycles. The second kappa shape index (κ2) is 9.34. The van der Waals surface area contributed by atoms with Gasteiger partial charge in [0.05, 0.1) is 5.56 Å². The van der Waals surface area contributed by atoms with Gasteiger partial charge < -0.3 is 9.47 Å². The third kappa shape index (κ3) is 5.86. The molecule has 0 spiro atoms. The van der Waals surface area contributed by atoms with Crippen LogP contribution in [0, 0.1) is 0 Å². The highest BCUT2D eigenvalue weighted by molar-refractivity contribution is 6.30. The molecule has 0 bridgehead atoms. The zero-order valence-corrected chi connectivity index (χ0v) is 14.1. The number of rotatable bonds is 7. The normalized spacial score (nSPS) is 9.80. The van der Waals surface area contributed by atoms with Crippen LogP contribution >= 0.6 is 11.6 Å². The molecule has 7 heteroatoms. The lowest BCUT2D eigenvalue weighted by Crippen LogP contribution is -2.43. The summed E-state index contributed by atoms with van der Waals surface area (Å²) >= 11 is 5.76. The minimum absolute atomic E-state index is 0.253. The Balaban J connectivity index is 1.84. The van der Waals surface area contributed by atoms with Gasteiger partial charge in [-0.25, -0.2) is 0 Å². The van der Waals surface area contributed by atoms with E-state index in [0.29, 0.717) is 22.1 Å². The van der Waals surface area contributed by atoms with Crippen LogP contribution in [0.1, 0.15) is 10.4 Å². The third-order valence-electron chi connectivity index (χ3n) is 2.99. The Morgan fingerprint density at radius 2 is 1.76 bits per heavy atom. The smallest absolute Gasteiger partial charge is 0.276 e. The van der Waals surface area contributed by atoms with Gasteiger partial charge in [-0.2, -0.15) is 0 Å². The molecule has 2 amide bonds. The van der Waals surface area contributed by atoms with Crippen LogP contribution in [0.4, 0.5) is 0 Å². The molecule has 2 rings (SSSR count). The molecule has 0 heterocycles. The lowest BCUT2D eigenvalue weighted by molar-refractivity contribution is -0.123. The van der Waals surface area contributed by atoms with Gasteiger partial charge in [0.15, 0.2) is 6.61 Å². The van der Waals surface area contributed by atoms with Gasteiger partial charge in [-0.3, -0.25) is 20.4 Å². The Morgan fingerprint density at radius 3 is 2.48 bits per heavy atom. The van der Waals surface area contributed by atoms with Gasteiger partial charge in [-0.1, -0.05) is 36.4 Å². The van der Waals surface area contributed by atoms with E-state index in [9.17, 15) is 9.59 Å². The fraction of sp³-hybridized carbons (Fsp3) is 0.111. The van der Waals surface area contributed by atoms with Gasteiger partial charge in [-0.15, -0.1) is 0 Å². The molecule has 2 N–H and O–H groups in total. The Kier molecular flexibility index (Phi) is 6.86. The number of hydrogen-bond acceptors (Lipinski definition) is 4. The maximum absolute atomic E-state index is 12.2. The Hall–Kier alpha value is -2.99. The van der Waals surface area contributed by atoms with Crippen LogP contribution in [-0.2, 0) is 4.79 Å². The molecule has 130 valence electrons. The lowest BCUT2D eigenvalue weighted by Gasteiger charge is -2.11. The number of ether oxygens (including phenoxy) is 2. The van der Waals surface area contributed by atoms with Crippen LogP contribution in [-0.4, -0.2) is 25.0 Å². The minimum atomic E-state index is -0.507. The summed E-state index contributed by atoms with van der Waals surface area (Å²) in [7, 11) is 0. The average molecular weight is 361 g/mol. The summed E-state index contributed by atoms with van der Waals surface area (Å²) in [5.41, 5.74) is 4.89. The number of halogens is 1. The van der Waals surface area contributed by atoms with Crippen molar-refractivity contribution in [2.24, 2.45) is 0 Å². The van der Waals surface area contributed by atoms with Crippen molar-refractivity contribution in [2.75, 3.05) is 13.2 Å². The molecular formula is C18H17ClN2O4. The highest BCUT2D eigenvalue weighted by Crippen LogP contribution is 2.17. The second-order valence-electron chi connectivity index (χ2n) is 4.84. The van der Waals surface area contributed by atoms with Crippen molar-refractivity contribution < 1.29 is 19.1 Å². The topological polar surface area (TPSA) is 76.7 Å². The Bertz CT molecular complexity index is 747. The second-order valence-corrected chi connectivity index (χ2v) is 5.28. The van der Waals surface area contributed by atoms with E-state index < -0.39 is 11.8 Å². The number of benzene rings is 2. The minimum Gasteiger partial charge on any atom is -0.489 e. The van der Waals surface area contributed by atoms with E-state index in [1.807, 2.05) is 0 Å². The summed E-state index contributed by atoms with van der Waals surface area (Å²) < 4.78 is 10.7. The molecule has 0 radical (unpaired) electrons. The quantitative estimate of drug-likeness (QED) is 0.588. The number of amides is 2. The number of carbonyl (C=O) groups is 2. The number of hydrazine groups is 1. The Morgan fingerprint density at radius 1 is 1.04 bits per heavy atom. The first kappa shape index (κ1) is 18.4. The van der Waals surface area contributed by atoms with Crippen molar-refractivity contribution in [3.8, 4) is 11.5 Å². The van der Waals surface area contributed by atoms with Gasteiger partial charge in [0.25, 0.3) is 11.8 Å². The van der Waals surface area contributed by atoms with Crippen molar-refractivity contribution in [3.63, 3.8) is 0 Å². The summed E-state index contributed by atoms with van der Waals surface area (Å²) in [4.78, 5) is 23.9. The fourth-order valence-electron chi connectivity index (χ4n) is 1.84. The van der Waals surface area contributed by atoms with Gasteiger partial charge in [-0.05, 0) is 36.4 Å². The van der Waals surface area contributed by atoms with Crippen molar-refractivity contribution >= 4 is 23.4 Å². The van der Waals surface area contributed by atoms with Crippen molar-refractivity contribution in [1.82, 2.24) is 10.9 Å². The molecule has 0 fully saturated rings. The molecule has 0 aliphatic carbocycles. The van der Waals surface area contributed by atoms with Crippen LogP contribution in [0.5, 0.6) is 11.5 Å². The fourth-order valence-corrected chi connectivity index (χ4v) is 1.96. The van der Waals surface area contributed by atoms with Gasteiger partial charge in [0.1, 0.15) is 18.1 Å². The van der Waals surface area contributed by atoms with Crippen LogP contribution in [0.15, 0.2) is 61.2 Å². The summed E-state index contributed by atoms with van der Waals surface area (Å²) in [5, 5.41) is 0.571. The van der Waals surface area contributed by atoms with E-state index in [1.165, 1.54) is 0 Å². The summed E-state index contributed by atoms with van der Waals surface area (Å²) in [6.07, 6.45) is 1.57. The Labute approximate surface area is 150 Å². The average Bonchev–Trinajstić information content (AvgIpc) is 2.64. The maximum atomic E-state index is 12.2. The SMILES string of the molecule is C=CCOc1ccccc1C(=O)NNC(=O)COc1ccc(Cl)cc1. The van der Waals surface area contributed by atoms with Crippen LogP contribution in [0.2, 0.25) is 5.02 Å². The van der Waals surface area contributed by atoms with Gasteiger partial charge in [0.2, 0.25) is 0 Å². The highest BCUT2D eigenvalue weighted by Gasteiger charge is 2.13. The zero-order chi connectivity index (χ0) is 18.1. The standard InChI is InChI=1S/C18H17ClN2O4/c1-2-11-24-16-6-4-3-5-15(16)18(23)21-20-17(22)12-25-14-9-7-13(19)8-10-14/h2-10H,1,11-12H2,(H,20,22)(H,21,23). The van der Waals surface area contributed by atoms with E-state index in [1.54, 1.807) is 54.6 Å². The summed E-state index contributed by atoms with van der Waals surface area (Å²) in [6.45, 7) is 3.57. The molecule has 0 aliphatic rings. The zero-order valence-electron chi connectivity index (χ0n) is 13.3. The molecule has 2 aromatic carbocycles.